The zero-order valence-corrected chi connectivity index (χ0v) is 8.76. The predicted octanol–water partition coefficient (Wildman–Crippen LogP) is 2.20. The largest absolute Gasteiger partial charge is 0.334 e. The van der Waals surface area contributed by atoms with E-state index in [-0.39, 0.29) is 5.91 Å². The second-order valence-corrected chi connectivity index (χ2v) is 3.22. The van der Waals surface area contributed by atoms with Gasteiger partial charge in [-0.3, -0.25) is 4.79 Å². The first-order chi connectivity index (χ1) is 6.17. The number of halogens is 1. The summed E-state index contributed by atoms with van der Waals surface area (Å²) in [6.07, 6.45) is 4.01. The Morgan fingerprint density at radius 1 is 1.46 bits per heavy atom. The molecule has 0 fully saturated rings. The average Bonchev–Trinajstić information content (AvgIpc) is 2.15. The molecule has 2 nitrogen and oxygen atoms in total. The fraction of sp³-hybridized carbons (Fsp3) is 0.500. The Labute approximate surface area is 84.9 Å². The van der Waals surface area contributed by atoms with Crippen molar-refractivity contribution >= 4 is 17.5 Å². The van der Waals surface area contributed by atoms with Gasteiger partial charge in [0.15, 0.2) is 0 Å². The van der Waals surface area contributed by atoms with Gasteiger partial charge in [-0.15, -0.1) is 24.8 Å². The van der Waals surface area contributed by atoms with Crippen molar-refractivity contribution in [1.82, 2.24) is 4.90 Å². The van der Waals surface area contributed by atoms with Crippen LogP contribution < -0.4 is 0 Å². The standard InChI is InChI=1S/C10H16ClNO/c1-4-7-12(8-5-2)10(13)9(11)6-3/h4-5,9H,1-2,6-8H2,3H3. The Hall–Kier alpha value is -0.760. The molecule has 0 saturated carbocycles. The van der Waals surface area contributed by atoms with Crippen LogP contribution in [0.4, 0.5) is 0 Å². The molecule has 1 atom stereocenters. The van der Waals surface area contributed by atoms with E-state index in [0.717, 1.165) is 0 Å². The number of hydrogen-bond acceptors (Lipinski definition) is 1. The maximum Gasteiger partial charge on any atom is 0.241 e. The molecule has 0 saturated heterocycles. The van der Waals surface area contributed by atoms with Gasteiger partial charge in [0, 0.05) is 13.1 Å². The Morgan fingerprint density at radius 2 is 1.92 bits per heavy atom. The van der Waals surface area contributed by atoms with Crippen LogP contribution in [-0.4, -0.2) is 29.3 Å². The molecule has 74 valence electrons. The predicted molar refractivity (Wildman–Crippen MR) is 56.9 cm³/mol. The molecule has 1 unspecified atom stereocenters. The highest BCUT2D eigenvalue weighted by Crippen LogP contribution is 2.06. The molecule has 0 rings (SSSR count). The zero-order chi connectivity index (χ0) is 10.3. The van der Waals surface area contributed by atoms with Crippen molar-refractivity contribution < 1.29 is 4.79 Å². The Bertz CT molecular complexity index is 181. The van der Waals surface area contributed by atoms with E-state index in [1.54, 1.807) is 17.1 Å². The fourth-order valence-electron chi connectivity index (χ4n) is 0.939. The first kappa shape index (κ1) is 12.2. The van der Waals surface area contributed by atoms with Gasteiger partial charge in [0.05, 0.1) is 0 Å². The maximum atomic E-state index is 11.6. The van der Waals surface area contributed by atoms with E-state index >= 15 is 0 Å². The van der Waals surface area contributed by atoms with Crippen LogP contribution in [0.3, 0.4) is 0 Å². The van der Waals surface area contributed by atoms with Crippen molar-refractivity contribution in [1.29, 1.82) is 0 Å². The normalized spacial score (nSPS) is 11.8. The second-order valence-electron chi connectivity index (χ2n) is 2.70. The quantitative estimate of drug-likeness (QED) is 0.477. The molecule has 0 N–H and O–H groups in total. The smallest absolute Gasteiger partial charge is 0.241 e. The minimum Gasteiger partial charge on any atom is -0.334 e. The lowest BCUT2D eigenvalue weighted by atomic mass is 10.3. The lowest BCUT2D eigenvalue weighted by molar-refractivity contribution is -0.129. The minimum absolute atomic E-state index is 0.0519. The van der Waals surface area contributed by atoms with E-state index in [2.05, 4.69) is 13.2 Å². The van der Waals surface area contributed by atoms with Gasteiger partial charge in [-0.2, -0.15) is 0 Å². The van der Waals surface area contributed by atoms with Gasteiger partial charge in [0.1, 0.15) is 5.38 Å². The van der Waals surface area contributed by atoms with Crippen LogP contribution >= 0.6 is 11.6 Å². The SMILES string of the molecule is C=CCN(CC=C)C(=O)C(Cl)CC. The summed E-state index contributed by atoms with van der Waals surface area (Å²) < 4.78 is 0. The summed E-state index contributed by atoms with van der Waals surface area (Å²) in [5.41, 5.74) is 0. The lowest BCUT2D eigenvalue weighted by Gasteiger charge is -2.21. The van der Waals surface area contributed by atoms with Crippen molar-refractivity contribution in [2.45, 2.75) is 18.7 Å². The number of amides is 1. The van der Waals surface area contributed by atoms with Crippen LogP contribution in [0.5, 0.6) is 0 Å². The number of rotatable bonds is 6. The third kappa shape index (κ3) is 4.13. The minimum atomic E-state index is -0.431. The molecule has 0 aromatic heterocycles. The van der Waals surface area contributed by atoms with E-state index in [1.807, 2.05) is 6.92 Å². The second kappa shape index (κ2) is 6.72. The summed E-state index contributed by atoms with van der Waals surface area (Å²) in [6, 6.07) is 0. The van der Waals surface area contributed by atoms with Crippen LogP contribution in [0, 0.1) is 0 Å². The van der Waals surface area contributed by atoms with Crippen LogP contribution in [0.2, 0.25) is 0 Å². The average molecular weight is 202 g/mol. The molecule has 0 aliphatic rings. The van der Waals surface area contributed by atoms with Crippen molar-refractivity contribution in [3.05, 3.63) is 25.3 Å². The molecule has 13 heavy (non-hydrogen) atoms. The van der Waals surface area contributed by atoms with Gasteiger partial charge in [-0.05, 0) is 6.42 Å². The van der Waals surface area contributed by atoms with Gasteiger partial charge in [-0.1, -0.05) is 19.1 Å². The summed E-state index contributed by atoms with van der Waals surface area (Å²) >= 11 is 5.82. The highest BCUT2D eigenvalue weighted by atomic mass is 35.5. The van der Waals surface area contributed by atoms with Gasteiger partial charge in [0.2, 0.25) is 5.91 Å². The number of hydrogen-bond donors (Lipinski definition) is 0. The van der Waals surface area contributed by atoms with Crippen LogP contribution in [0.15, 0.2) is 25.3 Å². The maximum absolute atomic E-state index is 11.6. The topological polar surface area (TPSA) is 20.3 Å². The van der Waals surface area contributed by atoms with Gasteiger partial charge in [-0.25, -0.2) is 0 Å². The Balaban J connectivity index is 4.25. The third-order valence-electron chi connectivity index (χ3n) is 1.64. The van der Waals surface area contributed by atoms with E-state index in [0.29, 0.717) is 19.5 Å². The number of carbonyl (C=O) groups is 1. The van der Waals surface area contributed by atoms with Gasteiger partial charge < -0.3 is 4.90 Å². The first-order valence-electron chi connectivity index (χ1n) is 4.32. The molecular formula is C10H16ClNO. The summed E-state index contributed by atoms with van der Waals surface area (Å²) in [7, 11) is 0. The van der Waals surface area contributed by atoms with Crippen molar-refractivity contribution in [2.75, 3.05) is 13.1 Å². The molecular weight excluding hydrogens is 186 g/mol. The zero-order valence-electron chi connectivity index (χ0n) is 8.00. The van der Waals surface area contributed by atoms with E-state index in [4.69, 9.17) is 11.6 Å². The van der Waals surface area contributed by atoms with Crippen molar-refractivity contribution in [3.63, 3.8) is 0 Å². The lowest BCUT2D eigenvalue weighted by Crippen LogP contribution is -2.36. The summed E-state index contributed by atoms with van der Waals surface area (Å²) in [5.74, 6) is -0.0519. The Morgan fingerprint density at radius 3 is 2.23 bits per heavy atom. The molecule has 0 bridgehead atoms. The molecule has 1 amide bonds. The molecule has 3 heteroatoms. The van der Waals surface area contributed by atoms with E-state index < -0.39 is 5.38 Å². The highest BCUT2D eigenvalue weighted by molar-refractivity contribution is 6.30. The van der Waals surface area contributed by atoms with E-state index in [1.165, 1.54) is 0 Å². The molecule has 0 aliphatic heterocycles. The molecule has 0 aromatic rings. The number of alkyl halides is 1. The fourth-order valence-corrected chi connectivity index (χ4v) is 1.08. The molecule has 0 heterocycles. The highest BCUT2D eigenvalue weighted by Gasteiger charge is 2.18. The molecule has 0 aromatic carbocycles. The summed E-state index contributed by atoms with van der Waals surface area (Å²) in [6.45, 7) is 10.1. The Kier molecular flexibility index (Phi) is 6.33. The molecule has 0 aliphatic carbocycles. The van der Waals surface area contributed by atoms with Crippen LogP contribution in [0.25, 0.3) is 0 Å². The number of nitrogens with zero attached hydrogens (tertiary/aromatic N) is 1. The van der Waals surface area contributed by atoms with Gasteiger partial charge in [0.25, 0.3) is 0 Å². The van der Waals surface area contributed by atoms with Gasteiger partial charge >= 0.3 is 0 Å². The van der Waals surface area contributed by atoms with Crippen LogP contribution in [-0.2, 0) is 4.79 Å². The number of carbonyl (C=O) groups excluding carboxylic acids is 1. The third-order valence-corrected chi connectivity index (χ3v) is 2.13. The van der Waals surface area contributed by atoms with Crippen molar-refractivity contribution in [3.8, 4) is 0 Å². The monoisotopic (exact) mass is 201 g/mol. The van der Waals surface area contributed by atoms with Crippen molar-refractivity contribution in [2.24, 2.45) is 0 Å². The first-order valence-corrected chi connectivity index (χ1v) is 4.75. The summed E-state index contributed by atoms with van der Waals surface area (Å²) in [4.78, 5) is 13.2. The molecule has 0 radical (unpaired) electrons. The van der Waals surface area contributed by atoms with Crippen LogP contribution in [0.1, 0.15) is 13.3 Å². The summed E-state index contributed by atoms with van der Waals surface area (Å²) in [5, 5.41) is -0.431. The van der Waals surface area contributed by atoms with E-state index in [9.17, 15) is 4.79 Å². The molecule has 0 spiro atoms.